The zero-order valence-electron chi connectivity index (χ0n) is 10.2. The predicted octanol–water partition coefficient (Wildman–Crippen LogP) is -0.645. The summed E-state index contributed by atoms with van der Waals surface area (Å²) in [5, 5.41) is 15.2. The quantitative estimate of drug-likeness (QED) is 0.305. The van der Waals surface area contributed by atoms with E-state index in [-0.39, 0.29) is 6.61 Å². The second-order valence-electron chi connectivity index (χ2n) is 4.41. The molecule has 7 nitrogen and oxygen atoms in total. The molecular formula is C11H16ClN5O2. The van der Waals surface area contributed by atoms with Gasteiger partial charge in [0.25, 0.3) is 0 Å². The van der Waals surface area contributed by atoms with Gasteiger partial charge in [-0.3, -0.25) is 15.5 Å². The number of hydrogen-bond donors (Lipinski definition) is 4. The van der Waals surface area contributed by atoms with Crippen molar-refractivity contribution >= 4 is 24.4 Å². The normalized spacial score (nSPS) is 29.8. The van der Waals surface area contributed by atoms with Crippen molar-refractivity contribution in [1.82, 2.24) is 15.1 Å². The van der Waals surface area contributed by atoms with E-state index in [9.17, 15) is 9.90 Å². The van der Waals surface area contributed by atoms with Crippen molar-refractivity contribution < 1.29 is 9.90 Å². The Morgan fingerprint density at radius 3 is 3.11 bits per heavy atom. The molecule has 0 aromatic rings. The summed E-state index contributed by atoms with van der Waals surface area (Å²) in [4.78, 5) is 14.5. The van der Waals surface area contributed by atoms with Crippen molar-refractivity contribution in [2.45, 2.75) is 24.7 Å². The van der Waals surface area contributed by atoms with Gasteiger partial charge in [0, 0.05) is 11.8 Å². The fourth-order valence-electron chi connectivity index (χ4n) is 2.05. The fourth-order valence-corrected chi connectivity index (χ4v) is 2.24. The first-order valence-electron chi connectivity index (χ1n) is 5.87. The third-order valence-electron chi connectivity index (χ3n) is 3.12. The first kappa shape index (κ1) is 13.9. The lowest BCUT2D eigenvalue weighted by Gasteiger charge is -2.35. The molecule has 0 spiro atoms. The summed E-state index contributed by atoms with van der Waals surface area (Å²) in [5.41, 5.74) is 5.52. The van der Waals surface area contributed by atoms with E-state index in [1.54, 1.807) is 0 Å². The highest BCUT2D eigenvalue weighted by atomic mass is 35.5. The number of nitrogens with zero attached hydrogens (tertiary/aromatic N) is 2. The number of nitrogens with one attached hydrogen (secondary N) is 2. The molecule has 0 saturated carbocycles. The maximum atomic E-state index is 10.6. The highest BCUT2D eigenvalue weighted by Gasteiger charge is 2.33. The zero-order chi connectivity index (χ0) is 13.9. The molecule has 104 valence electrons. The van der Waals surface area contributed by atoms with Crippen molar-refractivity contribution in [2.75, 3.05) is 6.61 Å². The molecular weight excluding hydrogens is 270 g/mol. The van der Waals surface area contributed by atoms with Crippen LogP contribution in [0.2, 0.25) is 0 Å². The Balaban J connectivity index is 2.29. The molecule has 0 aromatic carbocycles. The lowest BCUT2D eigenvalue weighted by atomic mass is 10.0. The van der Waals surface area contributed by atoms with Crippen LogP contribution in [0, 0.1) is 0 Å². The average molecular weight is 286 g/mol. The van der Waals surface area contributed by atoms with Gasteiger partial charge >= 0.3 is 0 Å². The number of nitrogens with two attached hydrogens (primary N) is 1. The van der Waals surface area contributed by atoms with Gasteiger partial charge < -0.3 is 15.7 Å². The largest absolute Gasteiger partial charge is 0.394 e. The summed E-state index contributed by atoms with van der Waals surface area (Å²) >= 11 is 6.07. The molecule has 0 saturated heterocycles. The van der Waals surface area contributed by atoms with E-state index in [1.807, 2.05) is 12.2 Å². The minimum Gasteiger partial charge on any atom is -0.394 e. The van der Waals surface area contributed by atoms with Crippen molar-refractivity contribution in [3.05, 3.63) is 23.7 Å². The lowest BCUT2D eigenvalue weighted by molar-refractivity contribution is -0.108. The van der Waals surface area contributed by atoms with Crippen LogP contribution in [0.3, 0.4) is 0 Å². The highest BCUT2D eigenvalue weighted by molar-refractivity contribution is 6.15. The molecule has 2 aliphatic rings. The number of rotatable bonds is 5. The number of carbonyl (C=O) groups is 1. The maximum Gasteiger partial charge on any atom is 0.211 e. The van der Waals surface area contributed by atoms with Gasteiger partial charge in [0.2, 0.25) is 6.41 Å². The minimum absolute atomic E-state index is 0.0848. The number of allylic oxidation sites excluding steroid dienone is 2. The van der Waals surface area contributed by atoms with Crippen molar-refractivity contribution in [3.63, 3.8) is 0 Å². The van der Waals surface area contributed by atoms with Gasteiger partial charge in [-0.2, -0.15) is 0 Å². The molecule has 8 heteroatoms. The van der Waals surface area contributed by atoms with Gasteiger partial charge in [-0.15, -0.1) is 0 Å². The molecule has 1 heterocycles. The molecule has 2 rings (SSSR count). The number of halogens is 1. The van der Waals surface area contributed by atoms with E-state index in [1.165, 1.54) is 10.6 Å². The third kappa shape index (κ3) is 2.73. The maximum absolute atomic E-state index is 10.6. The van der Waals surface area contributed by atoms with Crippen molar-refractivity contribution in [2.24, 2.45) is 10.7 Å². The smallest absolute Gasteiger partial charge is 0.211 e. The zero-order valence-corrected chi connectivity index (χ0v) is 11.0. The topological polar surface area (TPSA) is 103 Å². The predicted molar refractivity (Wildman–Crippen MR) is 71.7 cm³/mol. The number of aliphatic imine (C=N–C) groups is 1. The van der Waals surface area contributed by atoms with Crippen LogP contribution in [0.15, 0.2) is 28.7 Å². The standard InChI is InChI=1S/C11H16ClN5O2/c12-17-9(8(15-7-19)5-14-10(17)13)16-11(6-18)3-1-2-4-11/h1,3,5,7,10,16,18H,2,4,6,13H2,(H,15,19)/t10?,11-/m0/s1. The van der Waals surface area contributed by atoms with Gasteiger partial charge in [-0.25, -0.2) is 4.42 Å². The second kappa shape index (κ2) is 5.60. The molecule has 0 fully saturated rings. The van der Waals surface area contributed by atoms with Crippen LogP contribution < -0.4 is 16.4 Å². The molecule has 5 N–H and O–H groups in total. The van der Waals surface area contributed by atoms with E-state index < -0.39 is 11.8 Å². The molecule has 19 heavy (non-hydrogen) atoms. The average Bonchev–Trinajstić information content (AvgIpc) is 2.88. The number of amides is 1. The molecule has 0 bridgehead atoms. The summed E-state index contributed by atoms with van der Waals surface area (Å²) in [6.45, 7) is -0.0848. The number of hydrogen-bond acceptors (Lipinski definition) is 6. The van der Waals surface area contributed by atoms with Gasteiger partial charge in [0.05, 0.1) is 18.4 Å². The Morgan fingerprint density at radius 2 is 2.53 bits per heavy atom. The molecule has 0 aromatic heterocycles. The molecule has 1 aliphatic heterocycles. The van der Waals surface area contributed by atoms with Crippen LogP contribution in [0.4, 0.5) is 0 Å². The lowest BCUT2D eigenvalue weighted by Crippen LogP contribution is -2.52. The van der Waals surface area contributed by atoms with Gasteiger partial charge in [0.15, 0.2) is 6.29 Å². The molecule has 1 amide bonds. The SMILES string of the molecule is NC1N=CC(NC=O)=C(N[C@@]2(CO)C=CCC2)N1Cl. The van der Waals surface area contributed by atoms with Crippen molar-refractivity contribution in [1.29, 1.82) is 0 Å². The van der Waals surface area contributed by atoms with E-state index in [0.717, 1.165) is 12.8 Å². The van der Waals surface area contributed by atoms with Gasteiger partial charge in [-0.1, -0.05) is 12.2 Å². The Kier molecular flexibility index (Phi) is 4.08. The number of aliphatic hydroxyl groups is 1. The summed E-state index contributed by atoms with van der Waals surface area (Å²) < 4.78 is 1.19. The first-order valence-corrected chi connectivity index (χ1v) is 6.21. The molecule has 2 atom stereocenters. The monoisotopic (exact) mass is 285 g/mol. The number of aliphatic hydroxyl groups excluding tert-OH is 1. The Bertz CT molecular complexity index is 450. The summed E-state index contributed by atoms with van der Waals surface area (Å²) in [6.07, 6.45) is 6.68. The molecule has 1 aliphatic carbocycles. The number of carbonyl (C=O) groups excluding carboxylic acids is 1. The summed E-state index contributed by atoms with van der Waals surface area (Å²) in [6, 6.07) is 0. The van der Waals surface area contributed by atoms with Crippen LogP contribution in [0.1, 0.15) is 12.8 Å². The van der Waals surface area contributed by atoms with E-state index >= 15 is 0 Å². The Morgan fingerprint density at radius 1 is 1.74 bits per heavy atom. The summed E-state index contributed by atoms with van der Waals surface area (Å²) in [5.74, 6) is 0.414. The highest BCUT2D eigenvalue weighted by Crippen LogP contribution is 2.26. The van der Waals surface area contributed by atoms with Crippen LogP contribution in [-0.2, 0) is 4.79 Å². The second-order valence-corrected chi connectivity index (χ2v) is 4.77. The van der Waals surface area contributed by atoms with Crippen LogP contribution in [0.5, 0.6) is 0 Å². The van der Waals surface area contributed by atoms with Crippen LogP contribution in [-0.4, -0.2) is 40.6 Å². The van der Waals surface area contributed by atoms with Crippen LogP contribution in [0.25, 0.3) is 0 Å². The summed E-state index contributed by atoms with van der Waals surface area (Å²) in [7, 11) is 0. The van der Waals surface area contributed by atoms with E-state index in [2.05, 4.69) is 15.6 Å². The first-order chi connectivity index (χ1) is 9.12. The Hall–Kier alpha value is -1.57. The van der Waals surface area contributed by atoms with Crippen molar-refractivity contribution in [3.8, 4) is 0 Å². The molecule has 1 unspecified atom stereocenters. The van der Waals surface area contributed by atoms with E-state index in [0.29, 0.717) is 17.9 Å². The molecule has 0 radical (unpaired) electrons. The third-order valence-corrected chi connectivity index (χ3v) is 3.48. The fraction of sp³-hybridized carbons (Fsp3) is 0.455. The van der Waals surface area contributed by atoms with Gasteiger partial charge in [-0.05, 0) is 12.8 Å². The van der Waals surface area contributed by atoms with E-state index in [4.69, 9.17) is 17.5 Å². The van der Waals surface area contributed by atoms with Crippen LogP contribution >= 0.6 is 11.8 Å². The Labute approximate surface area is 115 Å². The van der Waals surface area contributed by atoms with Gasteiger partial charge in [0.1, 0.15) is 11.5 Å². The minimum atomic E-state index is -0.748.